The van der Waals surface area contributed by atoms with E-state index in [4.69, 9.17) is 40.2 Å². The van der Waals surface area contributed by atoms with Crippen LogP contribution in [0.4, 0.5) is 11.5 Å². The highest BCUT2D eigenvalue weighted by Crippen LogP contribution is 2.26. The predicted molar refractivity (Wildman–Crippen MR) is 115 cm³/mol. The average molecular weight is 421 g/mol. The number of aromatic nitrogens is 2. The number of methoxy groups -OCH3 is 1. The summed E-state index contributed by atoms with van der Waals surface area (Å²) in [6, 6.07) is 14.9. The molecule has 0 spiro atoms. The van der Waals surface area contributed by atoms with Crippen LogP contribution < -0.4 is 15.4 Å². The maximum Gasteiger partial charge on any atom is 0.176 e. The molecule has 0 aliphatic rings. The zero-order valence-electron chi connectivity index (χ0n) is 14.8. The summed E-state index contributed by atoms with van der Waals surface area (Å²) in [5, 5.41) is 12.4. The fourth-order valence-corrected chi connectivity index (χ4v) is 3.31. The van der Waals surface area contributed by atoms with Crippen molar-refractivity contribution in [3.05, 3.63) is 69.8 Å². The van der Waals surface area contributed by atoms with Crippen LogP contribution in [0.2, 0.25) is 10.0 Å². The SMILES string of the molecule is COc1ccccc1NC(=S)Nc1cc(C)n(Cc2c(Cl)cccc2Cl)n1. The average Bonchev–Trinajstić information content (AvgIpc) is 2.97. The topological polar surface area (TPSA) is 51.1 Å². The molecular weight excluding hydrogens is 403 g/mol. The molecule has 1 heterocycles. The summed E-state index contributed by atoms with van der Waals surface area (Å²) < 4.78 is 7.13. The molecule has 0 atom stereocenters. The molecule has 1 aromatic heterocycles. The third kappa shape index (κ3) is 4.71. The van der Waals surface area contributed by atoms with E-state index < -0.39 is 0 Å². The molecule has 0 fully saturated rings. The molecule has 0 bridgehead atoms. The van der Waals surface area contributed by atoms with E-state index in [1.165, 1.54) is 0 Å². The summed E-state index contributed by atoms with van der Waals surface area (Å²) in [6.07, 6.45) is 0. The van der Waals surface area contributed by atoms with Gasteiger partial charge < -0.3 is 15.4 Å². The van der Waals surface area contributed by atoms with Gasteiger partial charge in [0.15, 0.2) is 10.9 Å². The summed E-state index contributed by atoms with van der Waals surface area (Å²) >= 11 is 17.9. The molecule has 3 aromatic rings. The minimum absolute atomic E-state index is 0.417. The maximum absolute atomic E-state index is 6.26. The monoisotopic (exact) mass is 420 g/mol. The van der Waals surface area contributed by atoms with Crippen LogP contribution in [0.5, 0.6) is 5.75 Å². The summed E-state index contributed by atoms with van der Waals surface area (Å²) in [6.45, 7) is 2.43. The van der Waals surface area contributed by atoms with E-state index >= 15 is 0 Å². The minimum atomic E-state index is 0.417. The van der Waals surface area contributed by atoms with Crippen molar-refractivity contribution in [2.45, 2.75) is 13.5 Å². The Morgan fingerprint density at radius 3 is 2.52 bits per heavy atom. The van der Waals surface area contributed by atoms with Crippen molar-refractivity contribution in [2.24, 2.45) is 0 Å². The second kappa shape index (κ2) is 8.61. The maximum atomic E-state index is 6.26. The third-order valence-corrected chi connectivity index (χ3v) is 4.86. The zero-order valence-corrected chi connectivity index (χ0v) is 17.1. The van der Waals surface area contributed by atoms with E-state index in [1.807, 2.05) is 60.1 Å². The Labute approximate surface area is 173 Å². The number of rotatable bonds is 5. The first kappa shape index (κ1) is 19.5. The normalized spacial score (nSPS) is 10.5. The van der Waals surface area contributed by atoms with E-state index in [0.29, 0.717) is 33.3 Å². The van der Waals surface area contributed by atoms with E-state index in [9.17, 15) is 0 Å². The Morgan fingerprint density at radius 2 is 1.81 bits per heavy atom. The Hall–Kier alpha value is -2.28. The molecule has 0 aliphatic carbocycles. The molecule has 0 amide bonds. The molecule has 27 heavy (non-hydrogen) atoms. The number of benzene rings is 2. The number of thiocarbonyl (C=S) groups is 1. The van der Waals surface area contributed by atoms with Gasteiger partial charge in [-0.1, -0.05) is 41.4 Å². The Kier molecular flexibility index (Phi) is 6.21. The lowest BCUT2D eigenvalue weighted by molar-refractivity contribution is 0.417. The summed E-state index contributed by atoms with van der Waals surface area (Å²) in [5.41, 5.74) is 2.55. The van der Waals surface area contributed by atoms with Gasteiger partial charge in [0.2, 0.25) is 0 Å². The van der Waals surface area contributed by atoms with Crippen molar-refractivity contribution in [1.29, 1.82) is 0 Å². The lowest BCUT2D eigenvalue weighted by Gasteiger charge is -2.12. The standard InChI is InChI=1S/C19H18Cl2N4OS/c1-12-10-18(23-19(27)22-16-8-3-4-9-17(16)26-2)24-25(12)11-13-14(20)6-5-7-15(13)21/h3-10H,11H2,1-2H3,(H2,22,23,24,27). The highest BCUT2D eigenvalue weighted by atomic mass is 35.5. The van der Waals surface area contributed by atoms with Crippen LogP contribution >= 0.6 is 35.4 Å². The summed E-state index contributed by atoms with van der Waals surface area (Å²) in [5.74, 6) is 1.33. The van der Waals surface area contributed by atoms with Gasteiger partial charge in [-0.3, -0.25) is 4.68 Å². The van der Waals surface area contributed by atoms with Crippen LogP contribution in [-0.4, -0.2) is 22.0 Å². The Morgan fingerprint density at radius 1 is 1.11 bits per heavy atom. The van der Waals surface area contributed by atoms with E-state index in [2.05, 4.69) is 15.7 Å². The van der Waals surface area contributed by atoms with Gasteiger partial charge in [-0.15, -0.1) is 0 Å². The number of anilines is 2. The summed E-state index contributed by atoms with van der Waals surface area (Å²) in [7, 11) is 1.61. The minimum Gasteiger partial charge on any atom is -0.495 e. The molecule has 2 aromatic carbocycles. The number of nitrogens with one attached hydrogen (secondary N) is 2. The zero-order chi connectivity index (χ0) is 19.4. The molecular formula is C19H18Cl2N4OS. The smallest absolute Gasteiger partial charge is 0.176 e. The van der Waals surface area contributed by atoms with Crippen molar-refractivity contribution < 1.29 is 4.74 Å². The molecule has 0 unspecified atom stereocenters. The molecule has 0 saturated heterocycles. The number of para-hydroxylation sites is 2. The summed E-state index contributed by atoms with van der Waals surface area (Å²) in [4.78, 5) is 0. The number of nitrogens with zero attached hydrogens (tertiary/aromatic N) is 2. The van der Waals surface area contributed by atoms with Crippen molar-refractivity contribution in [1.82, 2.24) is 9.78 Å². The van der Waals surface area contributed by atoms with E-state index in [-0.39, 0.29) is 0 Å². The van der Waals surface area contributed by atoms with Crippen molar-refractivity contribution in [3.63, 3.8) is 0 Å². The van der Waals surface area contributed by atoms with Gasteiger partial charge in [0, 0.05) is 27.4 Å². The fraction of sp³-hybridized carbons (Fsp3) is 0.158. The Balaban J connectivity index is 1.72. The second-order valence-electron chi connectivity index (χ2n) is 5.81. The number of ether oxygens (including phenoxy) is 1. The van der Waals surface area contributed by atoms with Gasteiger partial charge in [-0.25, -0.2) is 0 Å². The van der Waals surface area contributed by atoms with Gasteiger partial charge in [0.25, 0.3) is 0 Å². The number of halogens is 2. The first-order valence-electron chi connectivity index (χ1n) is 8.16. The molecule has 8 heteroatoms. The first-order valence-corrected chi connectivity index (χ1v) is 9.32. The van der Waals surface area contributed by atoms with Gasteiger partial charge in [0.1, 0.15) is 5.75 Å². The third-order valence-electron chi connectivity index (χ3n) is 3.95. The van der Waals surface area contributed by atoms with Crippen molar-refractivity contribution in [3.8, 4) is 5.75 Å². The first-order chi connectivity index (χ1) is 13.0. The quantitative estimate of drug-likeness (QED) is 0.543. The van der Waals surface area contributed by atoms with Crippen LogP contribution in [-0.2, 0) is 6.54 Å². The van der Waals surface area contributed by atoms with Crippen molar-refractivity contribution in [2.75, 3.05) is 17.7 Å². The van der Waals surface area contributed by atoms with E-state index in [0.717, 1.165) is 16.9 Å². The number of hydrogen-bond acceptors (Lipinski definition) is 3. The van der Waals surface area contributed by atoms with Gasteiger partial charge in [-0.2, -0.15) is 5.10 Å². The van der Waals surface area contributed by atoms with Crippen molar-refractivity contribution >= 4 is 52.0 Å². The number of hydrogen-bond donors (Lipinski definition) is 2. The highest BCUT2D eigenvalue weighted by molar-refractivity contribution is 7.80. The van der Waals surface area contributed by atoms with Crippen LogP contribution in [0.1, 0.15) is 11.3 Å². The van der Waals surface area contributed by atoms with Crippen LogP contribution in [0.15, 0.2) is 48.5 Å². The van der Waals surface area contributed by atoms with Crippen LogP contribution in [0.25, 0.3) is 0 Å². The van der Waals surface area contributed by atoms with Crippen LogP contribution in [0, 0.1) is 6.92 Å². The fourth-order valence-electron chi connectivity index (χ4n) is 2.58. The molecule has 0 aliphatic heterocycles. The van der Waals surface area contributed by atoms with Crippen LogP contribution in [0.3, 0.4) is 0 Å². The largest absolute Gasteiger partial charge is 0.495 e. The molecule has 140 valence electrons. The molecule has 5 nitrogen and oxygen atoms in total. The Bertz CT molecular complexity index is 954. The van der Waals surface area contributed by atoms with Gasteiger partial charge in [-0.05, 0) is 43.4 Å². The highest BCUT2D eigenvalue weighted by Gasteiger charge is 2.11. The lowest BCUT2D eigenvalue weighted by Crippen LogP contribution is -2.20. The van der Waals surface area contributed by atoms with E-state index in [1.54, 1.807) is 7.11 Å². The molecule has 3 rings (SSSR count). The molecule has 2 N–H and O–H groups in total. The lowest BCUT2D eigenvalue weighted by atomic mass is 10.2. The van der Waals surface area contributed by atoms with Gasteiger partial charge >= 0.3 is 0 Å². The predicted octanol–water partition coefficient (Wildman–Crippen LogP) is 5.36. The number of aryl methyl sites for hydroxylation is 1. The molecule has 0 radical (unpaired) electrons. The molecule has 0 saturated carbocycles. The van der Waals surface area contributed by atoms with Gasteiger partial charge in [0.05, 0.1) is 19.3 Å². The second-order valence-corrected chi connectivity index (χ2v) is 7.03.